The lowest BCUT2D eigenvalue weighted by molar-refractivity contribution is 0.242. The van der Waals surface area contributed by atoms with Crippen molar-refractivity contribution in [3.05, 3.63) is 35.5 Å². The molecule has 2 N–H and O–H groups in total. The smallest absolute Gasteiger partial charge is 0.277 e. The first-order valence-electron chi connectivity index (χ1n) is 8.89. The molecule has 1 aromatic carbocycles. The highest BCUT2D eigenvalue weighted by Crippen LogP contribution is 2.36. The number of hydrogen-bond donors (Lipinski definition) is 1. The number of ether oxygens (including phenoxy) is 1. The number of hydrogen-bond acceptors (Lipinski definition) is 7. The minimum absolute atomic E-state index is 0. The summed E-state index contributed by atoms with van der Waals surface area (Å²) < 4.78 is 11.1. The van der Waals surface area contributed by atoms with Crippen LogP contribution in [0.1, 0.15) is 45.4 Å². The average molecular weight is 407 g/mol. The highest BCUT2D eigenvalue weighted by Gasteiger charge is 2.36. The van der Waals surface area contributed by atoms with Crippen LogP contribution in [0, 0.1) is 0 Å². The molecule has 0 bridgehead atoms. The molecule has 1 fully saturated rings. The number of aromatic nitrogens is 3. The topological polar surface area (TPSA) is 87.1 Å². The predicted octanol–water partition coefficient (Wildman–Crippen LogP) is 4.80. The van der Waals surface area contributed by atoms with Crippen molar-refractivity contribution in [3.8, 4) is 27.9 Å². The Labute approximate surface area is 168 Å². The first-order chi connectivity index (χ1) is 12.5. The van der Waals surface area contributed by atoms with E-state index in [1.165, 1.54) is 0 Å². The Bertz CT molecular complexity index is 885. The Morgan fingerprint density at radius 1 is 1.15 bits per heavy atom. The van der Waals surface area contributed by atoms with Gasteiger partial charge in [0.15, 0.2) is 5.82 Å². The summed E-state index contributed by atoms with van der Waals surface area (Å²) in [5.74, 6) is 1.88. The molecule has 4 rings (SSSR count). The second-order valence-corrected chi connectivity index (χ2v) is 7.87. The summed E-state index contributed by atoms with van der Waals surface area (Å²) in [4.78, 5) is 9.15. The van der Waals surface area contributed by atoms with E-state index in [4.69, 9.17) is 15.0 Å². The standard InChI is InChI=1S/C19H22N4O2S.ClH/c1-12(2)24-14-7-5-13(6-8-14)17-21-15(11-26-17)16-22-18(23-25-16)19(20)9-3-4-10-19;/h5-8,11-12H,3-4,9-10,20H2,1-2H3;1H. The van der Waals surface area contributed by atoms with Gasteiger partial charge in [-0.3, -0.25) is 0 Å². The van der Waals surface area contributed by atoms with E-state index in [2.05, 4.69) is 15.1 Å². The number of nitrogens with zero attached hydrogens (tertiary/aromatic N) is 3. The minimum atomic E-state index is -0.452. The van der Waals surface area contributed by atoms with E-state index in [9.17, 15) is 0 Å². The molecule has 144 valence electrons. The summed E-state index contributed by atoms with van der Waals surface area (Å²) in [5, 5.41) is 6.94. The van der Waals surface area contributed by atoms with Crippen LogP contribution in [-0.4, -0.2) is 21.2 Å². The molecule has 0 atom stereocenters. The van der Waals surface area contributed by atoms with Crippen LogP contribution in [-0.2, 0) is 5.54 Å². The number of nitrogens with two attached hydrogens (primary N) is 1. The van der Waals surface area contributed by atoms with Gasteiger partial charge in [0.25, 0.3) is 5.89 Å². The molecule has 1 aliphatic rings. The predicted molar refractivity (Wildman–Crippen MR) is 108 cm³/mol. The van der Waals surface area contributed by atoms with E-state index in [-0.39, 0.29) is 18.5 Å². The van der Waals surface area contributed by atoms with Crippen molar-refractivity contribution in [2.24, 2.45) is 5.73 Å². The Morgan fingerprint density at radius 2 is 1.85 bits per heavy atom. The van der Waals surface area contributed by atoms with Crippen molar-refractivity contribution < 1.29 is 9.26 Å². The summed E-state index contributed by atoms with van der Waals surface area (Å²) >= 11 is 1.55. The van der Waals surface area contributed by atoms with Gasteiger partial charge in [-0.15, -0.1) is 23.7 Å². The molecule has 0 spiro atoms. The molecule has 8 heteroatoms. The van der Waals surface area contributed by atoms with Gasteiger partial charge in [-0.05, 0) is 51.0 Å². The van der Waals surface area contributed by atoms with Crippen LogP contribution < -0.4 is 10.5 Å². The Morgan fingerprint density at radius 3 is 2.52 bits per heavy atom. The minimum Gasteiger partial charge on any atom is -0.491 e. The third-order valence-electron chi connectivity index (χ3n) is 4.56. The van der Waals surface area contributed by atoms with E-state index in [1.807, 2.05) is 43.5 Å². The van der Waals surface area contributed by atoms with Crippen LogP contribution in [0.25, 0.3) is 22.2 Å². The van der Waals surface area contributed by atoms with Crippen molar-refractivity contribution in [2.45, 2.75) is 51.2 Å². The maximum Gasteiger partial charge on any atom is 0.277 e. The number of halogens is 1. The molecule has 3 aromatic rings. The largest absolute Gasteiger partial charge is 0.491 e. The first-order valence-corrected chi connectivity index (χ1v) is 9.77. The van der Waals surface area contributed by atoms with E-state index < -0.39 is 5.54 Å². The van der Waals surface area contributed by atoms with Crippen molar-refractivity contribution >= 4 is 23.7 Å². The zero-order chi connectivity index (χ0) is 18.1. The molecule has 2 heterocycles. The van der Waals surface area contributed by atoms with Gasteiger partial charge in [0, 0.05) is 10.9 Å². The fourth-order valence-corrected chi connectivity index (χ4v) is 4.01. The lowest BCUT2D eigenvalue weighted by Gasteiger charge is -2.17. The van der Waals surface area contributed by atoms with Crippen LogP contribution >= 0.6 is 23.7 Å². The molecule has 0 saturated heterocycles. The van der Waals surface area contributed by atoms with E-state index in [0.717, 1.165) is 42.0 Å². The zero-order valence-electron chi connectivity index (χ0n) is 15.3. The lowest BCUT2D eigenvalue weighted by atomic mass is 9.99. The number of thiazole rings is 1. The van der Waals surface area contributed by atoms with Crippen molar-refractivity contribution in [1.82, 2.24) is 15.1 Å². The van der Waals surface area contributed by atoms with E-state index in [1.54, 1.807) is 11.3 Å². The van der Waals surface area contributed by atoms with Gasteiger partial charge < -0.3 is 15.0 Å². The Kier molecular flexibility index (Phi) is 5.83. The summed E-state index contributed by atoms with van der Waals surface area (Å²) in [6.45, 7) is 4.02. The average Bonchev–Trinajstić information content (AvgIpc) is 3.35. The molecule has 6 nitrogen and oxygen atoms in total. The molecule has 27 heavy (non-hydrogen) atoms. The van der Waals surface area contributed by atoms with E-state index >= 15 is 0 Å². The van der Waals surface area contributed by atoms with Gasteiger partial charge in [0.1, 0.15) is 16.5 Å². The van der Waals surface area contributed by atoms with Gasteiger partial charge in [-0.2, -0.15) is 4.98 Å². The van der Waals surface area contributed by atoms with Crippen molar-refractivity contribution in [3.63, 3.8) is 0 Å². The third kappa shape index (κ3) is 4.15. The summed E-state index contributed by atoms with van der Waals surface area (Å²) in [7, 11) is 0. The Balaban J connectivity index is 0.00000210. The van der Waals surface area contributed by atoms with Crippen LogP contribution in [0.2, 0.25) is 0 Å². The van der Waals surface area contributed by atoms with Gasteiger partial charge in [0.05, 0.1) is 11.6 Å². The maximum atomic E-state index is 6.40. The Hall–Kier alpha value is -1.96. The van der Waals surface area contributed by atoms with Crippen LogP contribution in [0.4, 0.5) is 0 Å². The summed E-state index contributed by atoms with van der Waals surface area (Å²) in [5.41, 5.74) is 7.67. The molecule has 2 aromatic heterocycles. The maximum absolute atomic E-state index is 6.40. The normalized spacial score (nSPS) is 15.7. The molecule has 1 saturated carbocycles. The summed E-state index contributed by atoms with van der Waals surface area (Å²) in [6, 6.07) is 7.93. The first kappa shape index (κ1) is 19.8. The van der Waals surface area contributed by atoms with Gasteiger partial charge in [-0.1, -0.05) is 18.0 Å². The second-order valence-electron chi connectivity index (χ2n) is 7.02. The van der Waals surface area contributed by atoms with Gasteiger partial charge >= 0.3 is 0 Å². The fourth-order valence-electron chi connectivity index (χ4n) is 3.21. The van der Waals surface area contributed by atoms with Crippen LogP contribution in [0.15, 0.2) is 34.2 Å². The van der Waals surface area contributed by atoms with Crippen molar-refractivity contribution in [2.75, 3.05) is 0 Å². The zero-order valence-corrected chi connectivity index (χ0v) is 17.0. The highest BCUT2D eigenvalue weighted by atomic mass is 35.5. The number of rotatable bonds is 5. The third-order valence-corrected chi connectivity index (χ3v) is 5.45. The van der Waals surface area contributed by atoms with Crippen LogP contribution in [0.5, 0.6) is 5.75 Å². The molecule has 1 aliphatic carbocycles. The quantitative estimate of drug-likeness (QED) is 0.654. The molecule has 0 aliphatic heterocycles. The monoisotopic (exact) mass is 406 g/mol. The fraction of sp³-hybridized carbons (Fsp3) is 0.421. The van der Waals surface area contributed by atoms with Crippen molar-refractivity contribution in [1.29, 1.82) is 0 Å². The molecule has 0 amide bonds. The van der Waals surface area contributed by atoms with Gasteiger partial charge in [0.2, 0.25) is 0 Å². The van der Waals surface area contributed by atoms with E-state index in [0.29, 0.717) is 17.4 Å². The SMILES string of the molecule is CC(C)Oc1ccc(-c2nc(-c3nc(C4(N)CCCC4)no3)cs2)cc1.Cl. The number of benzene rings is 1. The summed E-state index contributed by atoms with van der Waals surface area (Å²) in [6.07, 6.45) is 4.18. The second kappa shape index (κ2) is 7.96. The lowest BCUT2D eigenvalue weighted by Crippen LogP contribution is -2.34. The molecule has 0 unspecified atom stereocenters. The molecular formula is C19H23ClN4O2S. The molecular weight excluding hydrogens is 384 g/mol. The van der Waals surface area contributed by atoms with Gasteiger partial charge in [-0.25, -0.2) is 4.98 Å². The molecule has 0 radical (unpaired) electrons. The highest BCUT2D eigenvalue weighted by molar-refractivity contribution is 7.13. The van der Waals surface area contributed by atoms with Crippen LogP contribution in [0.3, 0.4) is 0 Å².